The summed E-state index contributed by atoms with van der Waals surface area (Å²) in [6, 6.07) is 0. The molecule has 1 unspecified atom stereocenters. The first-order valence-electron chi connectivity index (χ1n) is 8.81. The normalized spacial score (nSPS) is 29.4. The van der Waals surface area contributed by atoms with Crippen molar-refractivity contribution in [3.8, 4) is 0 Å². The van der Waals surface area contributed by atoms with Gasteiger partial charge in [-0.1, -0.05) is 11.5 Å². The SMILES string of the molecule is O=S1(=O)CCCCC1Cn1nnnc1N1CCCC2(CC1)CC2. The van der Waals surface area contributed by atoms with Gasteiger partial charge >= 0.3 is 0 Å². The van der Waals surface area contributed by atoms with Crippen molar-refractivity contribution in [2.75, 3.05) is 23.7 Å². The van der Waals surface area contributed by atoms with Gasteiger partial charge in [0.25, 0.3) is 0 Å². The minimum absolute atomic E-state index is 0.307. The van der Waals surface area contributed by atoms with Crippen molar-refractivity contribution in [2.24, 2.45) is 5.41 Å². The molecule has 7 nitrogen and oxygen atoms in total. The molecule has 0 radical (unpaired) electrons. The first-order valence-corrected chi connectivity index (χ1v) is 10.5. The molecule has 3 aliphatic rings. The van der Waals surface area contributed by atoms with Crippen LogP contribution in [0.3, 0.4) is 0 Å². The third-order valence-corrected chi connectivity index (χ3v) is 8.15. The molecular formula is C15H25N5O2S. The maximum Gasteiger partial charge on any atom is 0.245 e. The van der Waals surface area contributed by atoms with Crippen molar-refractivity contribution in [1.29, 1.82) is 0 Å². The monoisotopic (exact) mass is 339 g/mol. The van der Waals surface area contributed by atoms with Gasteiger partial charge in [-0.05, 0) is 60.8 Å². The van der Waals surface area contributed by atoms with E-state index in [0.29, 0.717) is 17.7 Å². The van der Waals surface area contributed by atoms with Crippen molar-refractivity contribution in [1.82, 2.24) is 20.2 Å². The van der Waals surface area contributed by atoms with E-state index in [4.69, 9.17) is 0 Å². The Kier molecular flexibility index (Phi) is 3.82. The fourth-order valence-corrected chi connectivity index (χ4v) is 5.93. The molecule has 1 aromatic rings. The average molecular weight is 339 g/mol. The Labute approximate surface area is 137 Å². The van der Waals surface area contributed by atoms with E-state index < -0.39 is 9.84 Å². The zero-order valence-corrected chi connectivity index (χ0v) is 14.3. The van der Waals surface area contributed by atoms with Crippen LogP contribution in [0, 0.1) is 5.41 Å². The molecular weight excluding hydrogens is 314 g/mol. The van der Waals surface area contributed by atoms with Gasteiger partial charge in [0.1, 0.15) is 0 Å². The molecule has 8 heteroatoms. The van der Waals surface area contributed by atoms with Crippen LogP contribution in [-0.4, -0.2) is 52.7 Å². The van der Waals surface area contributed by atoms with Gasteiger partial charge in [-0.25, -0.2) is 13.1 Å². The topological polar surface area (TPSA) is 81.0 Å². The minimum atomic E-state index is -3.00. The van der Waals surface area contributed by atoms with Gasteiger partial charge in [-0.3, -0.25) is 0 Å². The number of anilines is 1. The fraction of sp³-hybridized carbons (Fsp3) is 0.933. The summed E-state index contributed by atoms with van der Waals surface area (Å²) in [7, 11) is -3.00. The van der Waals surface area contributed by atoms with Crippen molar-refractivity contribution in [3.05, 3.63) is 0 Å². The van der Waals surface area contributed by atoms with E-state index in [-0.39, 0.29) is 5.25 Å². The molecule has 1 spiro atoms. The number of tetrazole rings is 1. The molecule has 1 atom stereocenters. The molecule has 0 bridgehead atoms. The van der Waals surface area contributed by atoms with Gasteiger partial charge in [0.2, 0.25) is 5.95 Å². The largest absolute Gasteiger partial charge is 0.340 e. The standard InChI is InChI=1S/C15H25N5O2S/c21-23(22)11-2-1-4-13(23)12-20-14(16-17-18-20)19-9-3-5-15(6-7-15)8-10-19/h13H,1-12H2. The lowest BCUT2D eigenvalue weighted by Crippen LogP contribution is -2.35. The average Bonchev–Trinajstić information content (AvgIpc) is 3.21. The van der Waals surface area contributed by atoms with Gasteiger partial charge < -0.3 is 4.90 Å². The number of nitrogens with zero attached hydrogens (tertiary/aromatic N) is 5. The van der Waals surface area contributed by atoms with E-state index in [1.165, 1.54) is 32.1 Å². The predicted octanol–water partition coefficient (Wildman–Crippen LogP) is 1.41. The Hall–Kier alpha value is -1.18. The van der Waals surface area contributed by atoms with Crippen LogP contribution in [0.4, 0.5) is 5.95 Å². The maximum atomic E-state index is 12.2. The smallest absolute Gasteiger partial charge is 0.245 e. The van der Waals surface area contributed by atoms with Crippen LogP contribution in [0.1, 0.15) is 51.4 Å². The zero-order valence-electron chi connectivity index (χ0n) is 13.5. The van der Waals surface area contributed by atoms with E-state index in [0.717, 1.165) is 38.3 Å². The molecule has 0 N–H and O–H groups in total. The fourth-order valence-electron chi connectivity index (χ4n) is 4.09. The van der Waals surface area contributed by atoms with Gasteiger partial charge in [-0.2, -0.15) is 0 Å². The molecule has 3 heterocycles. The quantitative estimate of drug-likeness (QED) is 0.828. The molecule has 4 rings (SSSR count). The highest BCUT2D eigenvalue weighted by molar-refractivity contribution is 7.92. The lowest BCUT2D eigenvalue weighted by molar-refractivity contribution is 0.453. The van der Waals surface area contributed by atoms with E-state index in [2.05, 4.69) is 20.4 Å². The van der Waals surface area contributed by atoms with Crippen molar-refractivity contribution in [3.63, 3.8) is 0 Å². The second kappa shape index (κ2) is 5.72. The molecule has 23 heavy (non-hydrogen) atoms. The second-order valence-electron chi connectivity index (χ2n) is 7.49. The Bertz CT molecular complexity index is 667. The molecule has 3 fully saturated rings. The van der Waals surface area contributed by atoms with Crippen LogP contribution in [0.5, 0.6) is 0 Å². The third-order valence-electron chi connectivity index (χ3n) is 5.89. The van der Waals surface area contributed by atoms with Crippen molar-refractivity contribution >= 4 is 15.8 Å². The molecule has 0 amide bonds. The molecule has 0 aromatic carbocycles. The first-order chi connectivity index (χ1) is 11.1. The van der Waals surface area contributed by atoms with E-state index in [9.17, 15) is 8.42 Å². The van der Waals surface area contributed by atoms with E-state index in [1.807, 2.05) is 0 Å². The number of rotatable bonds is 3. The van der Waals surface area contributed by atoms with E-state index >= 15 is 0 Å². The third kappa shape index (κ3) is 3.09. The Morgan fingerprint density at radius 3 is 2.74 bits per heavy atom. The summed E-state index contributed by atoms with van der Waals surface area (Å²) >= 11 is 0. The van der Waals surface area contributed by atoms with Crippen LogP contribution in [0.25, 0.3) is 0 Å². The van der Waals surface area contributed by atoms with Gasteiger partial charge in [0.05, 0.1) is 17.5 Å². The zero-order chi connectivity index (χ0) is 15.9. The molecule has 1 saturated carbocycles. The first kappa shape index (κ1) is 15.4. The lowest BCUT2D eigenvalue weighted by Gasteiger charge is -2.25. The summed E-state index contributed by atoms with van der Waals surface area (Å²) in [5.74, 6) is 1.06. The molecule has 1 aromatic heterocycles. The highest BCUT2D eigenvalue weighted by Crippen LogP contribution is 2.53. The summed E-state index contributed by atoms with van der Waals surface area (Å²) < 4.78 is 26.2. The second-order valence-corrected chi connectivity index (χ2v) is 9.89. The Morgan fingerprint density at radius 2 is 1.96 bits per heavy atom. The number of aromatic nitrogens is 4. The van der Waals surface area contributed by atoms with Gasteiger partial charge in [0.15, 0.2) is 9.84 Å². The summed E-state index contributed by atoms with van der Waals surface area (Å²) in [4.78, 5) is 2.25. The highest BCUT2D eigenvalue weighted by Gasteiger charge is 2.43. The molecule has 2 aliphatic heterocycles. The van der Waals surface area contributed by atoms with Crippen LogP contribution < -0.4 is 4.90 Å². The van der Waals surface area contributed by atoms with Crippen molar-refractivity contribution in [2.45, 2.75) is 63.2 Å². The number of hydrogen-bond donors (Lipinski definition) is 0. The summed E-state index contributed by atoms with van der Waals surface area (Å²) in [6.07, 6.45) is 8.92. The van der Waals surface area contributed by atoms with Gasteiger partial charge in [0, 0.05) is 13.1 Å². The summed E-state index contributed by atoms with van der Waals surface area (Å²) in [5, 5.41) is 11.8. The minimum Gasteiger partial charge on any atom is -0.340 e. The lowest BCUT2D eigenvalue weighted by atomic mass is 9.98. The Morgan fingerprint density at radius 1 is 1.09 bits per heavy atom. The molecule has 1 aliphatic carbocycles. The van der Waals surface area contributed by atoms with Crippen LogP contribution in [-0.2, 0) is 16.4 Å². The van der Waals surface area contributed by atoms with Crippen LogP contribution >= 0.6 is 0 Å². The van der Waals surface area contributed by atoms with Crippen LogP contribution in [0.15, 0.2) is 0 Å². The Balaban J connectivity index is 1.49. The molecule has 2 saturated heterocycles. The predicted molar refractivity (Wildman–Crippen MR) is 87.0 cm³/mol. The van der Waals surface area contributed by atoms with Crippen LogP contribution in [0.2, 0.25) is 0 Å². The summed E-state index contributed by atoms with van der Waals surface area (Å²) in [5.41, 5.74) is 0.597. The van der Waals surface area contributed by atoms with Gasteiger partial charge in [-0.15, -0.1) is 0 Å². The maximum absolute atomic E-state index is 12.2. The highest BCUT2D eigenvalue weighted by atomic mass is 32.2. The molecule has 128 valence electrons. The number of sulfone groups is 1. The number of hydrogen-bond acceptors (Lipinski definition) is 6. The van der Waals surface area contributed by atoms with E-state index in [1.54, 1.807) is 4.68 Å². The summed E-state index contributed by atoms with van der Waals surface area (Å²) in [6.45, 7) is 2.35. The van der Waals surface area contributed by atoms with Crippen molar-refractivity contribution < 1.29 is 8.42 Å².